The Bertz CT molecular complexity index is 878. The molecule has 29 heavy (non-hydrogen) atoms. The summed E-state index contributed by atoms with van der Waals surface area (Å²) >= 11 is 0. The zero-order chi connectivity index (χ0) is 21.2. The van der Waals surface area contributed by atoms with Gasteiger partial charge in [0, 0.05) is 31.4 Å². The van der Waals surface area contributed by atoms with Crippen LogP contribution in [0.2, 0.25) is 0 Å². The van der Waals surface area contributed by atoms with Crippen molar-refractivity contribution < 1.29 is 19.4 Å². The molecule has 7 nitrogen and oxygen atoms in total. The third-order valence-electron chi connectivity index (χ3n) is 3.95. The van der Waals surface area contributed by atoms with Gasteiger partial charge in [-0.3, -0.25) is 4.79 Å². The predicted molar refractivity (Wildman–Crippen MR) is 115 cm³/mol. The van der Waals surface area contributed by atoms with Crippen LogP contribution in [0.25, 0.3) is 0 Å². The highest BCUT2D eigenvalue weighted by molar-refractivity contribution is 5.84. The predicted octanol–water partition coefficient (Wildman–Crippen LogP) is 3.11. The van der Waals surface area contributed by atoms with E-state index in [9.17, 15) is 9.90 Å². The number of nitrogens with zero attached hydrogens (tertiary/aromatic N) is 2. The van der Waals surface area contributed by atoms with Gasteiger partial charge in [-0.2, -0.15) is 5.10 Å². The molecule has 0 bridgehead atoms. The van der Waals surface area contributed by atoms with Crippen LogP contribution in [0.4, 0.5) is 5.69 Å². The molecule has 154 valence electrons. The molecule has 0 spiro atoms. The molecular formula is C22H27N3O4. The van der Waals surface area contributed by atoms with Crippen LogP contribution < -0.4 is 19.8 Å². The summed E-state index contributed by atoms with van der Waals surface area (Å²) in [5.74, 6) is 0.668. The van der Waals surface area contributed by atoms with Crippen LogP contribution in [0, 0.1) is 0 Å². The van der Waals surface area contributed by atoms with Crippen molar-refractivity contribution in [1.82, 2.24) is 5.43 Å². The molecule has 0 aliphatic carbocycles. The van der Waals surface area contributed by atoms with Gasteiger partial charge in [0.25, 0.3) is 5.91 Å². The van der Waals surface area contributed by atoms with Gasteiger partial charge in [0.15, 0.2) is 18.1 Å². The Morgan fingerprint density at radius 1 is 1.28 bits per heavy atom. The number of aromatic hydroxyl groups is 1. The molecule has 2 rings (SSSR count). The van der Waals surface area contributed by atoms with Crippen molar-refractivity contribution in [3.63, 3.8) is 0 Å². The Morgan fingerprint density at radius 2 is 2.07 bits per heavy atom. The van der Waals surface area contributed by atoms with Crippen LogP contribution in [0.5, 0.6) is 17.2 Å². The first-order chi connectivity index (χ1) is 13.9. The van der Waals surface area contributed by atoms with Crippen LogP contribution in [0.3, 0.4) is 0 Å². The summed E-state index contributed by atoms with van der Waals surface area (Å²) in [7, 11) is 3.86. The van der Waals surface area contributed by atoms with Gasteiger partial charge in [0.1, 0.15) is 5.75 Å². The van der Waals surface area contributed by atoms with Crippen molar-refractivity contribution in [3.05, 3.63) is 60.2 Å². The first-order valence-corrected chi connectivity index (χ1v) is 9.26. The Labute approximate surface area is 171 Å². The number of anilines is 1. The molecule has 0 aliphatic rings. The number of hydrogen-bond acceptors (Lipinski definition) is 6. The molecular weight excluding hydrogens is 370 g/mol. The zero-order valence-electron chi connectivity index (χ0n) is 17.0. The standard InChI is InChI=1S/C22H27N3O4/c1-5-8-17-11-16(12-20(22(17)27)28-6-2)14-23-24-21(26)15-29-19-10-7-9-18(13-19)25(3)4/h5,7,9-14,27H,1,6,8,15H2,2-4H3,(H,24,26)/b23-14+. The fourth-order valence-corrected chi connectivity index (χ4v) is 2.55. The van der Waals surface area contributed by atoms with E-state index in [1.807, 2.05) is 44.1 Å². The second-order valence-corrected chi connectivity index (χ2v) is 6.43. The van der Waals surface area contributed by atoms with Crippen LogP contribution in [-0.2, 0) is 11.2 Å². The average molecular weight is 397 g/mol. The molecule has 2 N–H and O–H groups in total. The highest BCUT2D eigenvalue weighted by Gasteiger charge is 2.10. The molecule has 7 heteroatoms. The highest BCUT2D eigenvalue weighted by Crippen LogP contribution is 2.31. The first kappa shape index (κ1) is 21.8. The number of benzene rings is 2. The van der Waals surface area contributed by atoms with Gasteiger partial charge in [-0.25, -0.2) is 5.43 Å². The maximum Gasteiger partial charge on any atom is 0.277 e. The lowest BCUT2D eigenvalue weighted by Gasteiger charge is -2.13. The third kappa shape index (κ3) is 6.57. The van der Waals surface area contributed by atoms with E-state index in [2.05, 4.69) is 17.1 Å². The van der Waals surface area contributed by atoms with E-state index in [1.54, 1.807) is 24.3 Å². The molecule has 0 heterocycles. The zero-order valence-corrected chi connectivity index (χ0v) is 17.0. The maximum absolute atomic E-state index is 12.0. The van der Waals surface area contributed by atoms with Crippen LogP contribution in [0.15, 0.2) is 54.2 Å². The fraction of sp³-hybridized carbons (Fsp3) is 0.273. The molecule has 0 fully saturated rings. The van der Waals surface area contributed by atoms with Gasteiger partial charge in [-0.05, 0) is 43.2 Å². The molecule has 0 aromatic heterocycles. The van der Waals surface area contributed by atoms with Crippen molar-refractivity contribution in [2.45, 2.75) is 13.3 Å². The largest absolute Gasteiger partial charge is 0.504 e. The number of amides is 1. The van der Waals surface area contributed by atoms with Crippen molar-refractivity contribution >= 4 is 17.8 Å². The third-order valence-corrected chi connectivity index (χ3v) is 3.95. The maximum atomic E-state index is 12.0. The van der Waals surface area contributed by atoms with Gasteiger partial charge < -0.3 is 19.5 Å². The quantitative estimate of drug-likeness (QED) is 0.366. The molecule has 1 amide bonds. The number of phenols is 1. The lowest BCUT2D eigenvalue weighted by molar-refractivity contribution is -0.123. The summed E-state index contributed by atoms with van der Waals surface area (Å²) in [6.07, 6.45) is 3.66. The van der Waals surface area contributed by atoms with E-state index in [1.165, 1.54) is 6.21 Å². The van der Waals surface area contributed by atoms with Crippen LogP contribution in [0.1, 0.15) is 18.1 Å². The van der Waals surface area contributed by atoms with Gasteiger partial charge in [0.05, 0.1) is 12.8 Å². The minimum atomic E-state index is -0.383. The number of phenolic OH excluding ortho intramolecular Hbond substituents is 1. The van der Waals surface area contributed by atoms with E-state index in [-0.39, 0.29) is 18.3 Å². The first-order valence-electron chi connectivity index (χ1n) is 9.26. The smallest absolute Gasteiger partial charge is 0.277 e. The number of nitrogens with one attached hydrogen (secondary N) is 1. The van der Waals surface area contributed by atoms with E-state index < -0.39 is 0 Å². The van der Waals surface area contributed by atoms with Crippen molar-refractivity contribution in [2.24, 2.45) is 5.10 Å². The summed E-state index contributed by atoms with van der Waals surface area (Å²) in [6, 6.07) is 10.9. The number of carbonyl (C=O) groups is 1. The van der Waals surface area contributed by atoms with E-state index in [0.717, 1.165) is 5.69 Å². The lowest BCUT2D eigenvalue weighted by Crippen LogP contribution is -2.24. The monoisotopic (exact) mass is 397 g/mol. The summed E-state index contributed by atoms with van der Waals surface area (Å²) < 4.78 is 11.0. The number of rotatable bonds is 10. The van der Waals surface area contributed by atoms with Crippen LogP contribution in [-0.4, -0.2) is 44.5 Å². The number of allylic oxidation sites excluding steroid dienone is 1. The fourth-order valence-electron chi connectivity index (χ4n) is 2.55. The second kappa shape index (κ2) is 10.8. The molecule has 0 aliphatic heterocycles. The minimum absolute atomic E-state index is 0.0845. The normalized spacial score (nSPS) is 10.6. The van der Waals surface area contributed by atoms with E-state index >= 15 is 0 Å². The molecule has 0 radical (unpaired) electrons. The summed E-state index contributed by atoms with van der Waals surface area (Å²) in [5, 5.41) is 14.2. The average Bonchev–Trinajstić information content (AvgIpc) is 2.70. The van der Waals surface area contributed by atoms with Crippen LogP contribution >= 0.6 is 0 Å². The second-order valence-electron chi connectivity index (χ2n) is 6.43. The molecule has 2 aromatic rings. The summed E-state index contributed by atoms with van der Waals surface area (Å²) in [5.41, 5.74) is 4.76. The lowest BCUT2D eigenvalue weighted by atomic mass is 10.1. The van der Waals surface area contributed by atoms with Crippen molar-refractivity contribution in [3.8, 4) is 17.2 Å². The number of hydrogen-bond donors (Lipinski definition) is 2. The SMILES string of the molecule is C=CCc1cc(/C=N/NC(=O)COc2cccc(N(C)C)c2)cc(OCC)c1O. The number of hydrazone groups is 1. The Kier molecular flexibility index (Phi) is 8.09. The molecule has 0 unspecified atom stereocenters. The topological polar surface area (TPSA) is 83.4 Å². The van der Waals surface area contributed by atoms with Crippen molar-refractivity contribution in [2.75, 3.05) is 32.2 Å². The molecule has 2 aromatic carbocycles. The Morgan fingerprint density at radius 3 is 2.76 bits per heavy atom. The number of ether oxygens (including phenoxy) is 2. The summed E-state index contributed by atoms with van der Waals surface area (Å²) in [6.45, 7) is 5.79. The Hall–Kier alpha value is -3.48. The van der Waals surface area contributed by atoms with Gasteiger partial charge >= 0.3 is 0 Å². The van der Waals surface area contributed by atoms with E-state index in [4.69, 9.17) is 9.47 Å². The van der Waals surface area contributed by atoms with E-state index in [0.29, 0.717) is 35.7 Å². The van der Waals surface area contributed by atoms with Gasteiger partial charge in [-0.1, -0.05) is 12.1 Å². The van der Waals surface area contributed by atoms with Gasteiger partial charge in [-0.15, -0.1) is 6.58 Å². The number of carbonyl (C=O) groups excluding carboxylic acids is 1. The Balaban J connectivity index is 1.97. The van der Waals surface area contributed by atoms with Gasteiger partial charge in [0.2, 0.25) is 0 Å². The van der Waals surface area contributed by atoms with Crippen molar-refractivity contribution in [1.29, 1.82) is 0 Å². The molecule has 0 atom stereocenters. The molecule has 0 saturated heterocycles. The molecule has 0 saturated carbocycles. The minimum Gasteiger partial charge on any atom is -0.504 e. The highest BCUT2D eigenvalue weighted by atomic mass is 16.5. The summed E-state index contributed by atoms with van der Waals surface area (Å²) in [4.78, 5) is 13.9.